The number of amides is 1. The van der Waals surface area contributed by atoms with E-state index in [1.807, 2.05) is 50.2 Å². The zero-order valence-corrected chi connectivity index (χ0v) is 21.4. The van der Waals surface area contributed by atoms with E-state index in [4.69, 9.17) is 13.9 Å². The van der Waals surface area contributed by atoms with Gasteiger partial charge >= 0.3 is 0 Å². The molecule has 186 valence electrons. The molecule has 0 saturated heterocycles. The molecule has 5 heteroatoms. The fourth-order valence-electron chi connectivity index (χ4n) is 4.75. The highest BCUT2D eigenvalue weighted by Crippen LogP contribution is 2.41. The number of allylic oxidation sites excluding steroid dienone is 1. The predicted octanol–water partition coefficient (Wildman–Crippen LogP) is 7.30. The third kappa shape index (κ3) is 4.81. The molecule has 0 saturated carbocycles. The molecule has 0 atom stereocenters. The van der Waals surface area contributed by atoms with E-state index in [0.29, 0.717) is 12.3 Å². The number of carbonyl (C=O) groups excluding carboxylic acids is 1. The topological polar surface area (TPSA) is 60.7 Å². The number of fused-ring (bicyclic) bond motifs is 2. The van der Waals surface area contributed by atoms with Crippen molar-refractivity contribution in [2.45, 2.75) is 20.4 Å². The fraction of sp³-hybridized carbons (Fsp3) is 0.156. The second kappa shape index (κ2) is 10.2. The summed E-state index contributed by atoms with van der Waals surface area (Å²) in [5.41, 5.74) is 6.37. The van der Waals surface area contributed by atoms with Gasteiger partial charge in [0.2, 0.25) is 5.91 Å². The number of hydrogen-bond donors (Lipinski definition) is 1. The number of carbonyl (C=O) groups is 1. The standard InChI is InChI=1S/C32H29NO4/c1-20(14-30(34)33-18-22-8-7-11-26(15-22)35-3)27-17-28-29(19-37-32(28)21(2)31(27)36-4)25-13-12-23-9-5-6-10-24(23)16-25/h5-17,19H,18H2,1-4H3,(H,33,34)/b20-14+. The molecule has 0 aliphatic rings. The van der Waals surface area contributed by atoms with Crippen LogP contribution in [0.3, 0.4) is 0 Å². The lowest BCUT2D eigenvalue weighted by Crippen LogP contribution is -2.20. The second-order valence-corrected chi connectivity index (χ2v) is 9.07. The maximum absolute atomic E-state index is 12.8. The highest BCUT2D eigenvalue weighted by atomic mass is 16.5. The minimum atomic E-state index is -0.179. The summed E-state index contributed by atoms with van der Waals surface area (Å²) in [5.74, 6) is 1.28. The van der Waals surface area contributed by atoms with Crippen molar-refractivity contribution < 1.29 is 18.7 Å². The Hall–Kier alpha value is -4.51. The van der Waals surface area contributed by atoms with E-state index in [-0.39, 0.29) is 5.91 Å². The molecule has 0 aliphatic heterocycles. The summed E-state index contributed by atoms with van der Waals surface area (Å²) in [5, 5.41) is 6.30. The molecule has 5 aromatic rings. The predicted molar refractivity (Wildman–Crippen MR) is 149 cm³/mol. The monoisotopic (exact) mass is 491 g/mol. The van der Waals surface area contributed by atoms with Crippen molar-refractivity contribution in [1.29, 1.82) is 0 Å². The van der Waals surface area contributed by atoms with Crippen LogP contribution in [0.2, 0.25) is 0 Å². The van der Waals surface area contributed by atoms with Gasteiger partial charge in [0.25, 0.3) is 0 Å². The molecule has 0 spiro atoms. The normalized spacial score (nSPS) is 11.6. The van der Waals surface area contributed by atoms with Gasteiger partial charge in [-0.3, -0.25) is 4.79 Å². The van der Waals surface area contributed by atoms with Crippen LogP contribution in [0.5, 0.6) is 11.5 Å². The van der Waals surface area contributed by atoms with Crippen LogP contribution in [-0.2, 0) is 11.3 Å². The minimum absolute atomic E-state index is 0.179. The summed E-state index contributed by atoms with van der Waals surface area (Å²) in [6.07, 6.45) is 3.41. The number of hydrogen-bond acceptors (Lipinski definition) is 4. The quantitative estimate of drug-likeness (QED) is 0.243. The maximum Gasteiger partial charge on any atom is 0.244 e. The zero-order valence-electron chi connectivity index (χ0n) is 21.4. The van der Waals surface area contributed by atoms with Crippen molar-refractivity contribution in [2.75, 3.05) is 14.2 Å². The molecule has 1 amide bonds. The molecule has 0 unspecified atom stereocenters. The SMILES string of the molecule is COc1cccc(CNC(=O)/C=C(\C)c2cc3c(-c4ccc5ccccc5c4)coc3c(C)c2OC)c1. The smallest absolute Gasteiger partial charge is 0.244 e. The maximum atomic E-state index is 12.8. The van der Waals surface area contributed by atoms with Gasteiger partial charge in [0, 0.05) is 34.7 Å². The molecule has 5 rings (SSSR count). The Balaban J connectivity index is 1.49. The van der Waals surface area contributed by atoms with Gasteiger partial charge < -0.3 is 19.2 Å². The number of rotatable bonds is 7. The van der Waals surface area contributed by atoms with E-state index in [1.165, 1.54) is 10.8 Å². The summed E-state index contributed by atoms with van der Waals surface area (Å²) in [6, 6.07) is 24.4. The van der Waals surface area contributed by atoms with Crippen LogP contribution >= 0.6 is 0 Å². The Morgan fingerprint density at radius 1 is 0.946 bits per heavy atom. The van der Waals surface area contributed by atoms with E-state index in [0.717, 1.165) is 50.1 Å². The van der Waals surface area contributed by atoms with Crippen LogP contribution in [-0.4, -0.2) is 20.1 Å². The molecule has 1 heterocycles. The Bertz CT molecular complexity index is 1640. The van der Waals surface area contributed by atoms with E-state index < -0.39 is 0 Å². The zero-order chi connectivity index (χ0) is 25.9. The third-order valence-electron chi connectivity index (χ3n) is 6.68. The number of furan rings is 1. The van der Waals surface area contributed by atoms with Gasteiger partial charge in [-0.2, -0.15) is 0 Å². The molecule has 4 aromatic carbocycles. The van der Waals surface area contributed by atoms with E-state index in [2.05, 4.69) is 41.7 Å². The molecule has 5 nitrogen and oxygen atoms in total. The lowest BCUT2D eigenvalue weighted by molar-refractivity contribution is -0.116. The molecular weight excluding hydrogens is 462 g/mol. The van der Waals surface area contributed by atoms with E-state index in [1.54, 1.807) is 26.6 Å². The number of ether oxygens (including phenoxy) is 2. The van der Waals surface area contributed by atoms with E-state index in [9.17, 15) is 4.79 Å². The summed E-state index contributed by atoms with van der Waals surface area (Å²) < 4.78 is 17.1. The van der Waals surface area contributed by atoms with Gasteiger partial charge in [-0.15, -0.1) is 0 Å². The highest BCUT2D eigenvalue weighted by molar-refractivity contribution is 6.02. The summed E-state index contributed by atoms with van der Waals surface area (Å²) in [6.45, 7) is 4.31. The van der Waals surface area contributed by atoms with Crippen molar-refractivity contribution in [2.24, 2.45) is 0 Å². The number of benzene rings is 4. The van der Waals surface area contributed by atoms with Crippen molar-refractivity contribution in [1.82, 2.24) is 5.32 Å². The first kappa shape index (κ1) is 24.2. The van der Waals surface area contributed by atoms with Crippen molar-refractivity contribution in [3.8, 4) is 22.6 Å². The number of methoxy groups -OCH3 is 2. The number of aryl methyl sites for hydroxylation is 1. The van der Waals surface area contributed by atoms with Crippen molar-refractivity contribution in [3.63, 3.8) is 0 Å². The molecule has 1 N–H and O–H groups in total. The van der Waals surface area contributed by atoms with Crippen LogP contribution in [0.1, 0.15) is 23.6 Å². The first-order valence-electron chi connectivity index (χ1n) is 12.2. The molecule has 0 aliphatic carbocycles. The molecule has 0 fully saturated rings. The second-order valence-electron chi connectivity index (χ2n) is 9.07. The van der Waals surface area contributed by atoms with Gasteiger partial charge in [-0.1, -0.05) is 48.5 Å². The molecule has 1 aromatic heterocycles. The van der Waals surface area contributed by atoms with E-state index >= 15 is 0 Å². The van der Waals surface area contributed by atoms with Crippen LogP contribution in [0.4, 0.5) is 0 Å². The van der Waals surface area contributed by atoms with Crippen LogP contribution < -0.4 is 14.8 Å². The van der Waals surface area contributed by atoms with Gasteiger partial charge in [-0.25, -0.2) is 0 Å². The average molecular weight is 492 g/mol. The first-order chi connectivity index (χ1) is 18.0. The summed E-state index contributed by atoms with van der Waals surface area (Å²) in [7, 11) is 3.27. The van der Waals surface area contributed by atoms with Gasteiger partial charge in [0.05, 0.1) is 20.5 Å². The average Bonchev–Trinajstić information content (AvgIpc) is 3.36. The van der Waals surface area contributed by atoms with Crippen molar-refractivity contribution >= 4 is 33.2 Å². The molecule has 37 heavy (non-hydrogen) atoms. The summed E-state index contributed by atoms with van der Waals surface area (Å²) >= 11 is 0. The van der Waals surface area contributed by atoms with Crippen LogP contribution in [0, 0.1) is 6.92 Å². The minimum Gasteiger partial charge on any atom is -0.497 e. The van der Waals surface area contributed by atoms with Gasteiger partial charge in [-0.05, 0) is 65.6 Å². The summed E-state index contributed by atoms with van der Waals surface area (Å²) in [4.78, 5) is 12.8. The Kier molecular flexibility index (Phi) is 6.69. The van der Waals surface area contributed by atoms with Crippen LogP contribution in [0.25, 0.3) is 38.4 Å². The fourth-order valence-corrected chi connectivity index (χ4v) is 4.75. The largest absolute Gasteiger partial charge is 0.497 e. The Morgan fingerprint density at radius 2 is 1.76 bits per heavy atom. The molecule has 0 radical (unpaired) electrons. The van der Waals surface area contributed by atoms with Crippen LogP contribution in [0.15, 0.2) is 89.6 Å². The molecule has 0 bridgehead atoms. The first-order valence-corrected chi connectivity index (χ1v) is 12.2. The number of nitrogens with one attached hydrogen (secondary N) is 1. The van der Waals surface area contributed by atoms with Gasteiger partial charge in [0.1, 0.15) is 17.1 Å². The highest BCUT2D eigenvalue weighted by Gasteiger charge is 2.19. The lowest BCUT2D eigenvalue weighted by atomic mass is 9.95. The Morgan fingerprint density at radius 3 is 2.54 bits per heavy atom. The van der Waals surface area contributed by atoms with Crippen molar-refractivity contribution in [3.05, 3.63) is 102 Å². The third-order valence-corrected chi connectivity index (χ3v) is 6.68. The lowest BCUT2D eigenvalue weighted by Gasteiger charge is -2.13. The molecular formula is C32H29NO4. The Labute approximate surface area is 216 Å². The van der Waals surface area contributed by atoms with Gasteiger partial charge in [0.15, 0.2) is 0 Å².